The van der Waals surface area contributed by atoms with E-state index in [9.17, 15) is 9.59 Å². The van der Waals surface area contributed by atoms with Gasteiger partial charge in [0, 0.05) is 13.5 Å². The summed E-state index contributed by atoms with van der Waals surface area (Å²) in [6, 6.07) is -0.164. The molecular weight excluding hydrogens is 226 g/mol. The van der Waals surface area contributed by atoms with Crippen molar-refractivity contribution in [3.8, 4) is 0 Å². The Kier molecular flexibility index (Phi) is 26.6. The second kappa shape index (κ2) is 18.5. The van der Waals surface area contributed by atoms with Gasteiger partial charge in [-0.25, -0.2) is 0 Å². The molecule has 0 N–H and O–H groups in total. The van der Waals surface area contributed by atoms with Crippen LogP contribution in [0, 0.1) is 5.92 Å². The first-order valence-electron chi connectivity index (χ1n) is 6.87. The van der Waals surface area contributed by atoms with E-state index < -0.39 is 0 Å². The van der Waals surface area contributed by atoms with E-state index in [0.717, 1.165) is 19.3 Å². The number of carbonyl (C=O) groups excluding carboxylic acids is 2. The largest absolute Gasteiger partial charge is 0.333 e. The monoisotopic (exact) mass is 261 g/mol. The van der Waals surface area contributed by atoms with E-state index in [1.54, 1.807) is 4.90 Å². The zero-order valence-electron chi connectivity index (χ0n) is 12.9. The lowest BCUT2D eigenvalue weighted by Gasteiger charge is -2.17. The van der Waals surface area contributed by atoms with Crippen LogP contribution in [-0.2, 0) is 9.59 Å². The number of amides is 1. The molecule has 0 aromatic heterocycles. The van der Waals surface area contributed by atoms with Gasteiger partial charge in [-0.1, -0.05) is 55.9 Å². The van der Waals surface area contributed by atoms with Crippen LogP contribution in [0.3, 0.4) is 0 Å². The van der Waals surface area contributed by atoms with Gasteiger partial charge in [-0.2, -0.15) is 0 Å². The molecule has 0 aromatic rings. The Balaban J connectivity index is -0.000000123. The zero-order chi connectivity index (χ0) is 14.4. The molecule has 0 saturated carbocycles. The highest BCUT2D eigenvalue weighted by Crippen LogP contribution is 2.20. The number of aldehydes is 1. The van der Waals surface area contributed by atoms with Gasteiger partial charge in [0.25, 0.3) is 0 Å². The molecule has 1 heterocycles. The average molecular weight is 261 g/mol. The Morgan fingerprint density at radius 3 is 1.72 bits per heavy atom. The number of nitrogens with zero attached hydrogens (tertiary/aromatic N) is 1. The summed E-state index contributed by atoms with van der Waals surface area (Å²) in [5, 5.41) is 0. The molecule has 1 aliphatic heterocycles. The highest BCUT2D eigenvalue weighted by molar-refractivity contribution is 5.78. The normalized spacial score (nSPS) is 19.7. The highest BCUT2D eigenvalue weighted by Gasteiger charge is 2.30. The minimum absolute atomic E-state index is 0. The standard InChI is InChI=1S/C8H13NO2.3C2H6.CH4/c1-6-3-8(5-10)9(4-6)7(2)11;3*1-2;/h5-6,8H,3-4H2,1-2H3;3*1-2H3;1H4. The summed E-state index contributed by atoms with van der Waals surface area (Å²) in [7, 11) is 0. The summed E-state index contributed by atoms with van der Waals surface area (Å²) in [6.07, 6.45) is 1.69. The maximum absolute atomic E-state index is 10.9. The number of hydrogen-bond acceptors (Lipinski definition) is 2. The fourth-order valence-electron chi connectivity index (χ4n) is 1.58. The lowest BCUT2D eigenvalue weighted by atomic mass is 10.1. The molecule has 1 fully saturated rings. The molecule has 2 atom stereocenters. The maximum atomic E-state index is 10.9. The predicted octanol–water partition coefficient (Wildman–Crippen LogP) is 4.16. The van der Waals surface area contributed by atoms with Crippen molar-refractivity contribution in [3.05, 3.63) is 0 Å². The van der Waals surface area contributed by atoms with E-state index in [0.29, 0.717) is 5.92 Å². The molecule has 1 saturated heterocycles. The Morgan fingerprint density at radius 1 is 1.11 bits per heavy atom. The van der Waals surface area contributed by atoms with Crippen molar-refractivity contribution < 1.29 is 9.59 Å². The molecule has 18 heavy (non-hydrogen) atoms. The highest BCUT2D eigenvalue weighted by atomic mass is 16.2. The number of hydrogen-bond donors (Lipinski definition) is 0. The van der Waals surface area contributed by atoms with Gasteiger partial charge in [0.15, 0.2) is 0 Å². The molecule has 1 aliphatic rings. The Morgan fingerprint density at radius 2 is 1.50 bits per heavy atom. The van der Waals surface area contributed by atoms with Gasteiger partial charge in [0.2, 0.25) is 5.91 Å². The smallest absolute Gasteiger partial charge is 0.220 e. The van der Waals surface area contributed by atoms with E-state index in [-0.39, 0.29) is 19.4 Å². The lowest BCUT2D eigenvalue weighted by molar-refractivity contribution is -0.132. The molecule has 0 spiro atoms. The Labute approximate surface area is 115 Å². The molecule has 0 radical (unpaired) electrons. The molecule has 1 rings (SSSR count). The van der Waals surface area contributed by atoms with E-state index in [1.165, 1.54) is 6.92 Å². The van der Waals surface area contributed by atoms with Crippen molar-refractivity contribution in [2.75, 3.05) is 6.54 Å². The van der Waals surface area contributed by atoms with Gasteiger partial charge >= 0.3 is 0 Å². The van der Waals surface area contributed by atoms with E-state index in [2.05, 4.69) is 6.92 Å². The van der Waals surface area contributed by atoms with Gasteiger partial charge in [-0.15, -0.1) is 0 Å². The van der Waals surface area contributed by atoms with E-state index in [4.69, 9.17) is 0 Å². The molecule has 0 bridgehead atoms. The van der Waals surface area contributed by atoms with Crippen molar-refractivity contribution in [2.45, 2.75) is 75.3 Å². The van der Waals surface area contributed by atoms with Gasteiger partial charge < -0.3 is 9.69 Å². The van der Waals surface area contributed by atoms with Gasteiger partial charge in [-0.05, 0) is 12.3 Å². The summed E-state index contributed by atoms with van der Waals surface area (Å²) in [6.45, 7) is 16.3. The van der Waals surface area contributed by atoms with Crippen LogP contribution in [0.2, 0.25) is 0 Å². The molecule has 0 aromatic carbocycles. The minimum atomic E-state index is -0.164. The number of likely N-dealkylation sites (tertiary alicyclic amines) is 1. The molecule has 0 aliphatic carbocycles. The van der Waals surface area contributed by atoms with Crippen LogP contribution >= 0.6 is 0 Å². The fraction of sp³-hybridized carbons (Fsp3) is 0.867. The van der Waals surface area contributed by atoms with Crippen molar-refractivity contribution in [3.63, 3.8) is 0 Å². The summed E-state index contributed by atoms with van der Waals surface area (Å²) >= 11 is 0. The van der Waals surface area contributed by atoms with E-state index in [1.807, 2.05) is 41.5 Å². The summed E-state index contributed by atoms with van der Waals surface area (Å²) in [5.74, 6) is 0.473. The van der Waals surface area contributed by atoms with Crippen molar-refractivity contribution in [1.82, 2.24) is 4.90 Å². The molecule has 3 heteroatoms. The first kappa shape index (κ1) is 25.9. The van der Waals surface area contributed by atoms with Gasteiger partial charge in [-0.3, -0.25) is 4.79 Å². The first-order chi connectivity index (χ1) is 8.15. The quantitative estimate of drug-likeness (QED) is 0.665. The number of rotatable bonds is 1. The molecular formula is C15H35NO2. The van der Waals surface area contributed by atoms with Crippen LogP contribution in [0.4, 0.5) is 0 Å². The van der Waals surface area contributed by atoms with Crippen LogP contribution in [0.1, 0.15) is 69.2 Å². The van der Waals surface area contributed by atoms with Crippen molar-refractivity contribution in [2.24, 2.45) is 5.92 Å². The second-order valence-corrected chi connectivity index (χ2v) is 3.22. The molecule has 2 unspecified atom stereocenters. The zero-order valence-corrected chi connectivity index (χ0v) is 12.9. The van der Waals surface area contributed by atoms with E-state index >= 15 is 0 Å². The van der Waals surface area contributed by atoms with Gasteiger partial charge in [0.1, 0.15) is 6.29 Å². The maximum Gasteiger partial charge on any atom is 0.220 e. The summed E-state index contributed by atoms with van der Waals surface area (Å²) < 4.78 is 0. The van der Waals surface area contributed by atoms with Crippen LogP contribution in [-0.4, -0.2) is 29.7 Å². The lowest BCUT2D eigenvalue weighted by Crippen LogP contribution is -2.34. The molecule has 1 amide bonds. The Hall–Kier alpha value is -0.860. The third-order valence-electron chi connectivity index (χ3n) is 2.11. The second-order valence-electron chi connectivity index (χ2n) is 3.22. The van der Waals surface area contributed by atoms with Gasteiger partial charge in [0.05, 0.1) is 6.04 Å². The SMILES string of the molecule is C.CC.CC.CC.CC(=O)N1CC(C)CC1C=O. The molecule has 112 valence electrons. The fourth-order valence-corrected chi connectivity index (χ4v) is 1.58. The first-order valence-corrected chi connectivity index (χ1v) is 6.87. The molecule has 3 nitrogen and oxygen atoms in total. The van der Waals surface area contributed by atoms with Crippen LogP contribution < -0.4 is 0 Å². The number of carbonyl (C=O) groups is 2. The summed E-state index contributed by atoms with van der Waals surface area (Å²) in [5.41, 5.74) is 0. The topological polar surface area (TPSA) is 37.4 Å². The van der Waals surface area contributed by atoms with Crippen LogP contribution in [0.25, 0.3) is 0 Å². The predicted molar refractivity (Wildman–Crippen MR) is 81.8 cm³/mol. The van der Waals surface area contributed by atoms with Crippen LogP contribution in [0.15, 0.2) is 0 Å². The summed E-state index contributed by atoms with van der Waals surface area (Å²) in [4.78, 5) is 23.0. The average Bonchev–Trinajstić information content (AvgIpc) is 2.78. The third kappa shape index (κ3) is 10.3. The Bertz CT molecular complexity index is 181. The minimum Gasteiger partial charge on any atom is -0.333 e. The van der Waals surface area contributed by atoms with Crippen molar-refractivity contribution in [1.29, 1.82) is 0 Å². The third-order valence-corrected chi connectivity index (χ3v) is 2.11. The van der Waals surface area contributed by atoms with Crippen molar-refractivity contribution >= 4 is 12.2 Å². The van der Waals surface area contributed by atoms with Crippen LogP contribution in [0.5, 0.6) is 0 Å².